The van der Waals surface area contributed by atoms with Gasteiger partial charge in [-0.3, -0.25) is 4.98 Å². The lowest BCUT2D eigenvalue weighted by Gasteiger charge is -2.02. The third-order valence-electron chi connectivity index (χ3n) is 2.79. The molecule has 0 amide bonds. The van der Waals surface area contributed by atoms with E-state index in [1.165, 1.54) is 0 Å². The van der Waals surface area contributed by atoms with Crippen molar-refractivity contribution in [3.63, 3.8) is 0 Å². The van der Waals surface area contributed by atoms with E-state index in [9.17, 15) is 0 Å². The Hall–Kier alpha value is -1.68. The summed E-state index contributed by atoms with van der Waals surface area (Å²) < 4.78 is 2.09. The molecule has 2 rings (SSSR count). The van der Waals surface area contributed by atoms with E-state index in [1.54, 1.807) is 0 Å². The number of likely N-dealkylation sites (N-methyl/N-ethyl adjacent to an activating group) is 1. The average molecular weight is 244 g/mol. The molecule has 0 saturated carbocycles. The Balaban J connectivity index is 1.94. The highest BCUT2D eigenvalue weighted by molar-refractivity contribution is 5.11. The van der Waals surface area contributed by atoms with Gasteiger partial charge < -0.3 is 9.88 Å². The van der Waals surface area contributed by atoms with Gasteiger partial charge in [0.15, 0.2) is 0 Å². The first-order valence-electron chi connectivity index (χ1n) is 6.42. The van der Waals surface area contributed by atoms with E-state index in [-0.39, 0.29) is 0 Å². The van der Waals surface area contributed by atoms with Crippen LogP contribution in [0.4, 0.5) is 0 Å². The summed E-state index contributed by atoms with van der Waals surface area (Å²) in [5.41, 5.74) is 3.26. The van der Waals surface area contributed by atoms with Gasteiger partial charge in [-0.15, -0.1) is 0 Å². The van der Waals surface area contributed by atoms with Crippen LogP contribution < -0.4 is 5.32 Å². The number of nitrogens with one attached hydrogen (secondary N) is 1. The van der Waals surface area contributed by atoms with Crippen LogP contribution in [0.3, 0.4) is 0 Å². The summed E-state index contributed by atoms with van der Waals surface area (Å²) in [6.45, 7) is 6.90. The van der Waals surface area contributed by atoms with Crippen molar-refractivity contribution in [3.05, 3.63) is 47.8 Å². The zero-order valence-electron chi connectivity index (χ0n) is 11.1. The van der Waals surface area contributed by atoms with Crippen LogP contribution in [0.1, 0.15) is 24.0 Å². The van der Waals surface area contributed by atoms with Crippen LogP contribution in [0.5, 0.6) is 0 Å². The molecule has 18 heavy (non-hydrogen) atoms. The Kier molecular flexibility index (Phi) is 4.47. The van der Waals surface area contributed by atoms with Crippen molar-refractivity contribution in [2.24, 2.45) is 0 Å². The van der Waals surface area contributed by atoms with Crippen LogP contribution in [-0.4, -0.2) is 27.6 Å². The second kappa shape index (κ2) is 6.31. The summed E-state index contributed by atoms with van der Waals surface area (Å²) >= 11 is 0. The molecule has 2 aromatic rings. The minimum absolute atomic E-state index is 0.788. The Morgan fingerprint density at radius 1 is 1.28 bits per heavy atom. The first kappa shape index (κ1) is 12.8. The van der Waals surface area contributed by atoms with Crippen molar-refractivity contribution in [1.82, 2.24) is 19.9 Å². The smallest absolute Gasteiger partial charge is 0.0953 e. The molecule has 2 heterocycles. The maximum atomic E-state index is 4.49. The number of hydrogen-bond donors (Lipinski definition) is 1. The molecule has 96 valence electrons. The lowest BCUT2D eigenvalue weighted by atomic mass is 10.3. The minimum Gasteiger partial charge on any atom is -0.331 e. The molecular weight excluding hydrogens is 224 g/mol. The Bertz CT molecular complexity index is 490. The topological polar surface area (TPSA) is 42.7 Å². The molecule has 0 spiro atoms. The standard InChI is InChI=1S/C14H20N4/c1-3-15-8-7-13-9-18(11-16-13)10-14-6-4-5-12(2)17-14/h4-6,9,11,15H,3,7-8,10H2,1-2H3. The second-order valence-electron chi connectivity index (χ2n) is 4.41. The lowest BCUT2D eigenvalue weighted by Crippen LogP contribution is -2.16. The number of aryl methyl sites for hydroxylation is 1. The summed E-state index contributed by atoms with van der Waals surface area (Å²) in [7, 11) is 0. The van der Waals surface area contributed by atoms with Crippen molar-refractivity contribution >= 4 is 0 Å². The minimum atomic E-state index is 0.788. The lowest BCUT2D eigenvalue weighted by molar-refractivity contribution is 0.708. The van der Waals surface area contributed by atoms with Crippen molar-refractivity contribution in [3.8, 4) is 0 Å². The molecule has 0 unspecified atom stereocenters. The highest BCUT2D eigenvalue weighted by Gasteiger charge is 2.00. The molecule has 2 aromatic heterocycles. The van der Waals surface area contributed by atoms with E-state index in [2.05, 4.69) is 33.0 Å². The summed E-state index contributed by atoms with van der Waals surface area (Å²) in [6.07, 6.45) is 4.95. The summed E-state index contributed by atoms with van der Waals surface area (Å²) in [4.78, 5) is 8.89. The van der Waals surface area contributed by atoms with E-state index in [4.69, 9.17) is 0 Å². The fourth-order valence-electron chi connectivity index (χ4n) is 1.89. The van der Waals surface area contributed by atoms with Gasteiger partial charge >= 0.3 is 0 Å². The molecule has 0 bridgehead atoms. The number of aromatic nitrogens is 3. The quantitative estimate of drug-likeness (QED) is 0.788. The number of nitrogens with zero attached hydrogens (tertiary/aromatic N) is 3. The van der Waals surface area contributed by atoms with Crippen molar-refractivity contribution in [1.29, 1.82) is 0 Å². The van der Waals surface area contributed by atoms with Gasteiger partial charge in [-0.05, 0) is 25.6 Å². The molecule has 4 heteroatoms. The monoisotopic (exact) mass is 244 g/mol. The van der Waals surface area contributed by atoms with Gasteiger partial charge in [-0.1, -0.05) is 13.0 Å². The highest BCUT2D eigenvalue weighted by atomic mass is 15.0. The number of hydrogen-bond acceptors (Lipinski definition) is 3. The van der Waals surface area contributed by atoms with Gasteiger partial charge in [0.05, 0.1) is 24.3 Å². The van der Waals surface area contributed by atoms with Gasteiger partial charge in [0.1, 0.15) is 0 Å². The van der Waals surface area contributed by atoms with Crippen molar-refractivity contribution in [2.45, 2.75) is 26.8 Å². The third kappa shape index (κ3) is 3.67. The predicted octanol–water partition coefficient (Wildman–Crippen LogP) is 1.79. The van der Waals surface area contributed by atoms with E-state index in [0.717, 1.165) is 43.1 Å². The molecule has 4 nitrogen and oxygen atoms in total. The first-order chi connectivity index (χ1) is 8.78. The SMILES string of the molecule is CCNCCc1cn(Cc2cccc(C)n2)cn1. The fraction of sp³-hybridized carbons (Fsp3) is 0.429. The van der Waals surface area contributed by atoms with Gasteiger partial charge in [0, 0.05) is 24.9 Å². The third-order valence-corrected chi connectivity index (χ3v) is 2.79. The van der Waals surface area contributed by atoms with E-state index in [0.29, 0.717) is 0 Å². The maximum Gasteiger partial charge on any atom is 0.0953 e. The van der Waals surface area contributed by atoms with Crippen molar-refractivity contribution < 1.29 is 0 Å². The van der Waals surface area contributed by atoms with Crippen LogP contribution in [0.15, 0.2) is 30.7 Å². The van der Waals surface area contributed by atoms with Gasteiger partial charge in [-0.2, -0.15) is 0 Å². The molecule has 0 aliphatic carbocycles. The molecule has 0 radical (unpaired) electrons. The molecule has 0 aliphatic heterocycles. The Labute approximate surface area is 108 Å². The highest BCUT2D eigenvalue weighted by Crippen LogP contribution is 2.03. The largest absolute Gasteiger partial charge is 0.331 e. The zero-order valence-corrected chi connectivity index (χ0v) is 11.1. The predicted molar refractivity (Wildman–Crippen MR) is 72.6 cm³/mol. The van der Waals surface area contributed by atoms with Gasteiger partial charge in [0.2, 0.25) is 0 Å². The van der Waals surface area contributed by atoms with Crippen LogP contribution >= 0.6 is 0 Å². The maximum absolute atomic E-state index is 4.49. The molecular formula is C14H20N4. The molecule has 0 saturated heterocycles. The van der Waals surface area contributed by atoms with E-state index >= 15 is 0 Å². The molecule has 0 aromatic carbocycles. The number of rotatable bonds is 6. The van der Waals surface area contributed by atoms with Crippen LogP contribution in [0.25, 0.3) is 0 Å². The molecule has 0 atom stereocenters. The summed E-state index contributed by atoms with van der Waals surface area (Å²) in [6, 6.07) is 6.10. The number of imidazole rings is 1. The van der Waals surface area contributed by atoms with Crippen LogP contribution in [-0.2, 0) is 13.0 Å². The fourth-order valence-corrected chi connectivity index (χ4v) is 1.89. The molecule has 0 aliphatic rings. The molecule has 1 N–H and O–H groups in total. The second-order valence-corrected chi connectivity index (χ2v) is 4.41. The average Bonchev–Trinajstić information content (AvgIpc) is 2.77. The van der Waals surface area contributed by atoms with Gasteiger partial charge in [0.25, 0.3) is 0 Å². The van der Waals surface area contributed by atoms with E-state index in [1.807, 2.05) is 31.5 Å². The zero-order chi connectivity index (χ0) is 12.8. The first-order valence-corrected chi connectivity index (χ1v) is 6.42. The normalized spacial score (nSPS) is 10.8. The number of pyridine rings is 1. The van der Waals surface area contributed by atoms with Crippen molar-refractivity contribution in [2.75, 3.05) is 13.1 Å². The summed E-state index contributed by atoms with van der Waals surface area (Å²) in [5, 5.41) is 3.30. The van der Waals surface area contributed by atoms with E-state index < -0.39 is 0 Å². The van der Waals surface area contributed by atoms with Crippen LogP contribution in [0, 0.1) is 6.92 Å². The van der Waals surface area contributed by atoms with Gasteiger partial charge in [-0.25, -0.2) is 4.98 Å². The van der Waals surface area contributed by atoms with Crippen LogP contribution in [0.2, 0.25) is 0 Å². The Morgan fingerprint density at radius 3 is 2.94 bits per heavy atom. The Morgan fingerprint density at radius 2 is 2.17 bits per heavy atom. The summed E-state index contributed by atoms with van der Waals surface area (Å²) in [5.74, 6) is 0. The molecule has 0 fully saturated rings.